The van der Waals surface area contributed by atoms with Crippen LogP contribution in [0.1, 0.15) is 43.1 Å². The molecule has 0 saturated heterocycles. The highest BCUT2D eigenvalue weighted by Crippen LogP contribution is 2.32. The largest absolute Gasteiger partial charge is 0.394 e. The number of aromatic nitrogens is 3. The van der Waals surface area contributed by atoms with Gasteiger partial charge >= 0.3 is 0 Å². The normalized spacial score (nSPS) is 26.4. The fourth-order valence-electron chi connectivity index (χ4n) is 2.91. The second-order valence-corrected chi connectivity index (χ2v) is 5.75. The Morgan fingerprint density at radius 2 is 2.50 bits per heavy atom. The number of hydrogen-bond donors (Lipinski definition) is 3. The van der Waals surface area contributed by atoms with Gasteiger partial charge in [-0.05, 0) is 18.8 Å². The van der Waals surface area contributed by atoms with Crippen LogP contribution in [-0.4, -0.2) is 44.7 Å². The maximum absolute atomic E-state index is 12.2. The fourth-order valence-corrected chi connectivity index (χ4v) is 2.91. The van der Waals surface area contributed by atoms with E-state index in [1.165, 1.54) is 0 Å². The molecule has 1 fully saturated rings. The van der Waals surface area contributed by atoms with Crippen molar-refractivity contribution in [1.29, 1.82) is 0 Å². The lowest BCUT2D eigenvalue weighted by atomic mass is 9.77. The van der Waals surface area contributed by atoms with E-state index in [0.29, 0.717) is 19.0 Å². The predicted molar refractivity (Wildman–Crippen MR) is 74.0 cm³/mol. The summed E-state index contributed by atoms with van der Waals surface area (Å²) in [6.07, 6.45) is 5.34. The van der Waals surface area contributed by atoms with Crippen molar-refractivity contribution < 1.29 is 9.90 Å². The third-order valence-electron chi connectivity index (χ3n) is 3.90. The second-order valence-electron chi connectivity index (χ2n) is 5.75. The molecule has 1 amide bonds. The monoisotopic (exact) mass is 281 g/mol. The summed E-state index contributed by atoms with van der Waals surface area (Å²) in [6.45, 7) is 3.08. The number of aliphatic hydroxyl groups excluding tert-OH is 1. The molecule has 1 saturated carbocycles. The number of hydrogen-bond acceptors (Lipinski definition) is 5. The van der Waals surface area contributed by atoms with Crippen LogP contribution in [0.3, 0.4) is 0 Å². The van der Waals surface area contributed by atoms with Gasteiger partial charge in [0.1, 0.15) is 0 Å². The van der Waals surface area contributed by atoms with Crippen molar-refractivity contribution in [1.82, 2.24) is 20.3 Å². The number of nitrogens with two attached hydrogens (primary N) is 1. The van der Waals surface area contributed by atoms with Crippen LogP contribution < -0.4 is 11.1 Å². The van der Waals surface area contributed by atoms with Gasteiger partial charge in [0.25, 0.3) is 5.91 Å². The molecule has 7 nitrogen and oxygen atoms in total. The summed E-state index contributed by atoms with van der Waals surface area (Å²) in [5.74, 6) is 0.223. The SMILES string of the molecule is CC1CCCC(CO)(NC(=O)c2cn(CCN)nn2)C1. The zero-order valence-corrected chi connectivity index (χ0v) is 11.9. The van der Waals surface area contributed by atoms with Gasteiger partial charge in [0, 0.05) is 6.54 Å². The third-order valence-corrected chi connectivity index (χ3v) is 3.90. The van der Waals surface area contributed by atoms with Crippen LogP contribution in [0, 0.1) is 5.92 Å². The van der Waals surface area contributed by atoms with Gasteiger partial charge in [0.05, 0.1) is 24.9 Å². The molecule has 2 atom stereocenters. The summed E-state index contributed by atoms with van der Waals surface area (Å²) in [5.41, 5.74) is 5.18. The Morgan fingerprint density at radius 3 is 3.15 bits per heavy atom. The first-order chi connectivity index (χ1) is 9.58. The third kappa shape index (κ3) is 3.34. The maximum Gasteiger partial charge on any atom is 0.273 e. The summed E-state index contributed by atoms with van der Waals surface area (Å²) < 4.78 is 1.55. The lowest BCUT2D eigenvalue weighted by Crippen LogP contribution is -2.53. The number of aliphatic hydroxyl groups is 1. The van der Waals surface area contributed by atoms with Crippen LogP contribution in [0.5, 0.6) is 0 Å². The van der Waals surface area contributed by atoms with Crippen LogP contribution >= 0.6 is 0 Å². The number of nitrogens with zero attached hydrogens (tertiary/aromatic N) is 3. The molecule has 4 N–H and O–H groups in total. The van der Waals surface area contributed by atoms with E-state index in [0.717, 1.165) is 25.7 Å². The van der Waals surface area contributed by atoms with Crippen LogP contribution in [0.2, 0.25) is 0 Å². The molecule has 1 aromatic heterocycles. The Bertz CT molecular complexity index is 461. The van der Waals surface area contributed by atoms with Crippen LogP contribution in [-0.2, 0) is 6.54 Å². The average molecular weight is 281 g/mol. The zero-order chi connectivity index (χ0) is 14.6. The molecular formula is C13H23N5O2. The van der Waals surface area contributed by atoms with Crippen molar-refractivity contribution in [3.63, 3.8) is 0 Å². The van der Waals surface area contributed by atoms with Gasteiger partial charge in [-0.15, -0.1) is 5.10 Å². The van der Waals surface area contributed by atoms with Crippen molar-refractivity contribution >= 4 is 5.91 Å². The molecule has 0 aliphatic heterocycles. The van der Waals surface area contributed by atoms with Crippen molar-refractivity contribution in [3.05, 3.63) is 11.9 Å². The Labute approximate surface area is 118 Å². The number of carbonyl (C=O) groups excluding carboxylic acids is 1. The second kappa shape index (κ2) is 6.32. The van der Waals surface area contributed by atoms with Gasteiger partial charge in [-0.25, -0.2) is 0 Å². The molecule has 1 aromatic rings. The average Bonchev–Trinajstić information content (AvgIpc) is 2.88. The van der Waals surface area contributed by atoms with E-state index in [9.17, 15) is 9.90 Å². The predicted octanol–water partition coefficient (Wildman–Crippen LogP) is -0.0922. The van der Waals surface area contributed by atoms with Gasteiger partial charge in [-0.1, -0.05) is 25.0 Å². The van der Waals surface area contributed by atoms with E-state index in [1.54, 1.807) is 10.9 Å². The number of rotatable bonds is 5. The van der Waals surface area contributed by atoms with Crippen molar-refractivity contribution in [2.75, 3.05) is 13.2 Å². The van der Waals surface area contributed by atoms with E-state index in [-0.39, 0.29) is 18.2 Å². The minimum absolute atomic E-state index is 0.0416. The molecule has 2 rings (SSSR count). The Balaban J connectivity index is 2.04. The quantitative estimate of drug-likeness (QED) is 0.699. The zero-order valence-electron chi connectivity index (χ0n) is 11.9. The summed E-state index contributed by atoms with van der Waals surface area (Å²) in [6, 6.07) is 0. The molecular weight excluding hydrogens is 258 g/mol. The molecule has 0 bridgehead atoms. The summed E-state index contributed by atoms with van der Waals surface area (Å²) in [4.78, 5) is 12.2. The minimum Gasteiger partial charge on any atom is -0.394 e. The minimum atomic E-state index is -0.521. The molecule has 1 aliphatic carbocycles. The number of nitrogens with one attached hydrogen (secondary N) is 1. The molecule has 0 spiro atoms. The highest BCUT2D eigenvalue weighted by Gasteiger charge is 2.36. The Hall–Kier alpha value is -1.47. The van der Waals surface area contributed by atoms with Crippen LogP contribution in [0.15, 0.2) is 6.20 Å². The van der Waals surface area contributed by atoms with Crippen LogP contribution in [0.25, 0.3) is 0 Å². The van der Waals surface area contributed by atoms with E-state index < -0.39 is 5.54 Å². The number of carbonyl (C=O) groups is 1. The maximum atomic E-state index is 12.2. The summed E-state index contributed by atoms with van der Waals surface area (Å²) in [5, 5.41) is 20.3. The molecule has 1 heterocycles. The molecule has 20 heavy (non-hydrogen) atoms. The van der Waals surface area contributed by atoms with E-state index >= 15 is 0 Å². The lowest BCUT2D eigenvalue weighted by Gasteiger charge is -2.39. The highest BCUT2D eigenvalue weighted by molar-refractivity contribution is 5.92. The number of amides is 1. The first-order valence-electron chi connectivity index (χ1n) is 7.12. The van der Waals surface area contributed by atoms with Gasteiger partial charge in [0.15, 0.2) is 5.69 Å². The van der Waals surface area contributed by atoms with Crippen molar-refractivity contribution in [2.45, 2.75) is 44.7 Å². The Morgan fingerprint density at radius 1 is 1.70 bits per heavy atom. The Kier molecular flexibility index (Phi) is 4.72. The highest BCUT2D eigenvalue weighted by atomic mass is 16.3. The fraction of sp³-hybridized carbons (Fsp3) is 0.769. The van der Waals surface area contributed by atoms with Crippen molar-refractivity contribution in [3.8, 4) is 0 Å². The van der Waals surface area contributed by atoms with Gasteiger partial charge in [0.2, 0.25) is 0 Å². The standard InChI is InChI=1S/C13H23N5O2/c1-10-3-2-4-13(7-10,9-19)15-12(20)11-8-18(6-5-14)17-16-11/h8,10,19H,2-7,9,14H2,1H3,(H,15,20). The van der Waals surface area contributed by atoms with Gasteiger partial charge < -0.3 is 16.2 Å². The van der Waals surface area contributed by atoms with E-state index in [4.69, 9.17) is 5.73 Å². The summed E-state index contributed by atoms with van der Waals surface area (Å²) >= 11 is 0. The lowest BCUT2D eigenvalue weighted by molar-refractivity contribution is 0.0692. The van der Waals surface area contributed by atoms with Crippen molar-refractivity contribution in [2.24, 2.45) is 11.7 Å². The van der Waals surface area contributed by atoms with E-state index in [1.807, 2.05) is 0 Å². The topological polar surface area (TPSA) is 106 Å². The first-order valence-corrected chi connectivity index (χ1v) is 7.12. The molecule has 1 aliphatic rings. The summed E-state index contributed by atoms with van der Waals surface area (Å²) in [7, 11) is 0. The van der Waals surface area contributed by atoms with E-state index in [2.05, 4.69) is 22.6 Å². The van der Waals surface area contributed by atoms with Gasteiger partial charge in [-0.3, -0.25) is 9.48 Å². The molecule has 2 unspecified atom stereocenters. The molecule has 112 valence electrons. The molecule has 7 heteroatoms. The first kappa shape index (κ1) is 14.9. The van der Waals surface area contributed by atoms with Crippen LogP contribution in [0.4, 0.5) is 0 Å². The molecule has 0 radical (unpaired) electrons. The smallest absolute Gasteiger partial charge is 0.273 e. The van der Waals surface area contributed by atoms with Gasteiger partial charge in [-0.2, -0.15) is 0 Å². The molecule has 0 aromatic carbocycles.